The van der Waals surface area contributed by atoms with Gasteiger partial charge in [-0.1, -0.05) is 0 Å². The van der Waals surface area contributed by atoms with E-state index in [1.165, 1.54) is 0 Å². The summed E-state index contributed by atoms with van der Waals surface area (Å²) >= 11 is 0. The maximum atomic E-state index is 12.0. The van der Waals surface area contributed by atoms with Gasteiger partial charge in [0.25, 0.3) is 0 Å². The Morgan fingerprint density at radius 2 is 2.33 bits per heavy atom. The van der Waals surface area contributed by atoms with Crippen LogP contribution in [0.1, 0.15) is 26.2 Å². The first kappa shape index (κ1) is 15.4. The number of ether oxygens (including phenoxy) is 1. The zero-order valence-corrected chi connectivity index (χ0v) is 11.7. The van der Waals surface area contributed by atoms with E-state index in [4.69, 9.17) is 10.5 Å². The number of nitrogens with zero attached hydrogens (tertiary/aromatic N) is 2. The Balaban J connectivity index is 2.30. The summed E-state index contributed by atoms with van der Waals surface area (Å²) in [6, 6.07) is 0. The van der Waals surface area contributed by atoms with Crippen molar-refractivity contribution in [2.45, 2.75) is 32.3 Å². The maximum absolute atomic E-state index is 12.0. The number of amides is 1. The number of carbonyl (C=O) groups excluding carboxylic acids is 1. The van der Waals surface area contributed by atoms with Gasteiger partial charge in [-0.15, -0.1) is 0 Å². The molecule has 1 rings (SSSR count). The first-order chi connectivity index (χ1) is 8.67. The van der Waals surface area contributed by atoms with E-state index in [0.29, 0.717) is 19.2 Å². The van der Waals surface area contributed by atoms with Crippen LogP contribution in [0.15, 0.2) is 0 Å². The Labute approximate surface area is 110 Å². The third-order valence-corrected chi connectivity index (χ3v) is 3.35. The van der Waals surface area contributed by atoms with Crippen LogP contribution in [0.2, 0.25) is 0 Å². The summed E-state index contributed by atoms with van der Waals surface area (Å²) in [6.45, 7) is 6.54. The average Bonchev–Trinajstić information content (AvgIpc) is 2.36. The highest BCUT2D eigenvalue weighted by Crippen LogP contribution is 2.13. The van der Waals surface area contributed by atoms with Gasteiger partial charge in [0.2, 0.25) is 5.91 Å². The number of carbonyl (C=O) groups is 1. The summed E-state index contributed by atoms with van der Waals surface area (Å²) in [5.41, 5.74) is 5.45. The fourth-order valence-electron chi connectivity index (χ4n) is 2.29. The molecule has 1 fully saturated rings. The van der Waals surface area contributed by atoms with Crippen molar-refractivity contribution < 1.29 is 9.53 Å². The predicted molar refractivity (Wildman–Crippen MR) is 72.4 cm³/mol. The Kier molecular flexibility index (Phi) is 7.23. The molecular weight excluding hydrogens is 230 g/mol. The van der Waals surface area contributed by atoms with Crippen LogP contribution < -0.4 is 5.73 Å². The second-order valence-corrected chi connectivity index (χ2v) is 4.91. The molecule has 0 aromatic heterocycles. The van der Waals surface area contributed by atoms with Gasteiger partial charge in [0.15, 0.2) is 0 Å². The van der Waals surface area contributed by atoms with Crippen molar-refractivity contribution in [2.24, 2.45) is 5.73 Å². The first-order valence-electron chi connectivity index (χ1n) is 6.95. The lowest BCUT2D eigenvalue weighted by atomic mass is 10.1. The smallest absolute Gasteiger partial charge is 0.236 e. The van der Waals surface area contributed by atoms with E-state index < -0.39 is 0 Å². The molecule has 0 radical (unpaired) electrons. The van der Waals surface area contributed by atoms with Gasteiger partial charge in [0, 0.05) is 26.7 Å². The summed E-state index contributed by atoms with van der Waals surface area (Å²) in [5.74, 6) is 0.181. The minimum Gasteiger partial charge on any atom is -0.377 e. The molecule has 1 aliphatic rings. The van der Waals surface area contributed by atoms with Crippen LogP contribution >= 0.6 is 0 Å². The Morgan fingerprint density at radius 3 is 3.00 bits per heavy atom. The van der Waals surface area contributed by atoms with Crippen molar-refractivity contribution in [3.63, 3.8) is 0 Å². The van der Waals surface area contributed by atoms with Gasteiger partial charge in [-0.05, 0) is 39.3 Å². The molecule has 18 heavy (non-hydrogen) atoms. The Hall–Kier alpha value is -0.650. The SMILES string of the molecule is CCOC1CCCN(CC(=O)N(C)CCCN)C1. The highest BCUT2D eigenvalue weighted by atomic mass is 16.5. The number of likely N-dealkylation sites (N-methyl/N-ethyl adjacent to an activating group) is 1. The van der Waals surface area contributed by atoms with Gasteiger partial charge in [-0.2, -0.15) is 0 Å². The molecule has 1 aliphatic heterocycles. The summed E-state index contributed by atoms with van der Waals surface area (Å²) in [7, 11) is 1.85. The third-order valence-electron chi connectivity index (χ3n) is 3.35. The zero-order valence-electron chi connectivity index (χ0n) is 11.7. The lowest BCUT2D eigenvalue weighted by molar-refractivity contribution is -0.132. The minimum atomic E-state index is 0.181. The highest BCUT2D eigenvalue weighted by Gasteiger charge is 2.22. The van der Waals surface area contributed by atoms with Gasteiger partial charge in [-0.3, -0.25) is 9.69 Å². The lowest BCUT2D eigenvalue weighted by Crippen LogP contribution is -2.45. The van der Waals surface area contributed by atoms with E-state index in [0.717, 1.165) is 45.5 Å². The summed E-state index contributed by atoms with van der Waals surface area (Å²) in [5, 5.41) is 0. The number of nitrogens with two attached hydrogens (primary N) is 1. The number of likely N-dealkylation sites (tertiary alicyclic amines) is 1. The van der Waals surface area contributed by atoms with E-state index in [1.807, 2.05) is 14.0 Å². The standard InChI is InChI=1S/C13H27N3O2/c1-3-18-12-6-4-9-16(10-12)11-13(17)15(2)8-5-7-14/h12H,3-11,14H2,1-2H3. The van der Waals surface area contributed by atoms with E-state index in [2.05, 4.69) is 4.90 Å². The second-order valence-electron chi connectivity index (χ2n) is 4.91. The molecular formula is C13H27N3O2. The fraction of sp³-hybridized carbons (Fsp3) is 0.923. The molecule has 106 valence electrons. The van der Waals surface area contributed by atoms with Crippen molar-refractivity contribution >= 4 is 5.91 Å². The minimum absolute atomic E-state index is 0.181. The monoisotopic (exact) mass is 257 g/mol. The fourth-order valence-corrected chi connectivity index (χ4v) is 2.29. The van der Waals surface area contributed by atoms with Crippen molar-refractivity contribution in [3.05, 3.63) is 0 Å². The van der Waals surface area contributed by atoms with Crippen molar-refractivity contribution in [1.82, 2.24) is 9.80 Å². The van der Waals surface area contributed by atoms with Gasteiger partial charge in [0.05, 0.1) is 12.6 Å². The number of rotatable bonds is 7. The molecule has 1 heterocycles. The molecule has 2 N–H and O–H groups in total. The van der Waals surface area contributed by atoms with Gasteiger partial charge >= 0.3 is 0 Å². The molecule has 0 saturated carbocycles. The molecule has 0 aromatic carbocycles. The maximum Gasteiger partial charge on any atom is 0.236 e. The molecule has 1 atom stereocenters. The zero-order chi connectivity index (χ0) is 13.4. The molecule has 0 aliphatic carbocycles. The van der Waals surface area contributed by atoms with Crippen LogP contribution in [-0.2, 0) is 9.53 Å². The number of piperidine rings is 1. The normalized spacial score (nSPS) is 20.9. The molecule has 0 bridgehead atoms. The quantitative estimate of drug-likeness (QED) is 0.712. The number of hydrogen-bond donors (Lipinski definition) is 1. The highest BCUT2D eigenvalue weighted by molar-refractivity contribution is 5.77. The van der Waals surface area contributed by atoms with Gasteiger partial charge in [-0.25, -0.2) is 0 Å². The van der Waals surface area contributed by atoms with E-state index in [9.17, 15) is 4.79 Å². The summed E-state index contributed by atoms with van der Waals surface area (Å²) in [6.07, 6.45) is 3.39. The molecule has 1 amide bonds. The second kappa shape index (κ2) is 8.45. The van der Waals surface area contributed by atoms with Gasteiger partial charge in [0.1, 0.15) is 0 Å². The summed E-state index contributed by atoms with van der Waals surface area (Å²) < 4.78 is 5.64. The average molecular weight is 257 g/mol. The van der Waals surface area contributed by atoms with Crippen LogP contribution in [0.4, 0.5) is 0 Å². The van der Waals surface area contributed by atoms with Crippen molar-refractivity contribution in [1.29, 1.82) is 0 Å². The number of hydrogen-bond acceptors (Lipinski definition) is 4. The predicted octanol–water partition coefficient (Wildman–Crippen LogP) is 0.295. The first-order valence-corrected chi connectivity index (χ1v) is 6.95. The molecule has 0 spiro atoms. The third kappa shape index (κ3) is 5.33. The van der Waals surface area contributed by atoms with Crippen LogP contribution in [-0.4, -0.2) is 68.2 Å². The van der Waals surface area contributed by atoms with Gasteiger partial charge < -0.3 is 15.4 Å². The lowest BCUT2D eigenvalue weighted by Gasteiger charge is -2.32. The van der Waals surface area contributed by atoms with Crippen LogP contribution in [0.3, 0.4) is 0 Å². The molecule has 5 heteroatoms. The molecule has 1 saturated heterocycles. The van der Waals surface area contributed by atoms with E-state index >= 15 is 0 Å². The van der Waals surface area contributed by atoms with Crippen LogP contribution in [0.25, 0.3) is 0 Å². The summed E-state index contributed by atoms with van der Waals surface area (Å²) in [4.78, 5) is 16.0. The molecule has 0 aromatic rings. The molecule has 5 nitrogen and oxygen atoms in total. The van der Waals surface area contributed by atoms with E-state index in [-0.39, 0.29) is 5.91 Å². The largest absolute Gasteiger partial charge is 0.377 e. The van der Waals surface area contributed by atoms with Crippen LogP contribution in [0.5, 0.6) is 0 Å². The van der Waals surface area contributed by atoms with E-state index in [1.54, 1.807) is 4.90 Å². The Morgan fingerprint density at radius 1 is 1.56 bits per heavy atom. The topological polar surface area (TPSA) is 58.8 Å². The van der Waals surface area contributed by atoms with Crippen LogP contribution in [0, 0.1) is 0 Å². The Bertz CT molecular complexity index is 246. The van der Waals surface area contributed by atoms with Crippen molar-refractivity contribution in [3.8, 4) is 0 Å². The van der Waals surface area contributed by atoms with Crippen molar-refractivity contribution in [2.75, 3.05) is 46.4 Å². The molecule has 1 unspecified atom stereocenters.